The highest BCUT2D eigenvalue weighted by atomic mass is 16.1. The van der Waals surface area contributed by atoms with E-state index in [1.165, 1.54) is 11.8 Å². The summed E-state index contributed by atoms with van der Waals surface area (Å²) in [5.41, 5.74) is 1.65. The van der Waals surface area contributed by atoms with Gasteiger partial charge in [0.05, 0.1) is 12.7 Å². The zero-order chi connectivity index (χ0) is 14.5. The molecule has 0 amide bonds. The first-order valence-corrected chi connectivity index (χ1v) is 6.56. The number of hydrogen-bond acceptors (Lipinski definition) is 4. The van der Waals surface area contributed by atoms with Crippen molar-refractivity contribution >= 4 is 17.0 Å². The number of aromatic amines is 1. The normalized spacial score (nSPS) is 10.5. The molecule has 0 aliphatic carbocycles. The van der Waals surface area contributed by atoms with Crippen LogP contribution in [0.15, 0.2) is 35.3 Å². The molecule has 0 aliphatic heterocycles. The van der Waals surface area contributed by atoms with E-state index in [1.54, 1.807) is 10.8 Å². The van der Waals surface area contributed by atoms with Crippen LogP contribution in [0.5, 0.6) is 0 Å². The molecule has 2 aromatic rings. The van der Waals surface area contributed by atoms with Crippen molar-refractivity contribution in [3.05, 3.63) is 40.9 Å². The van der Waals surface area contributed by atoms with E-state index in [2.05, 4.69) is 46.9 Å². The van der Waals surface area contributed by atoms with Gasteiger partial charge in [-0.15, -0.1) is 6.58 Å². The van der Waals surface area contributed by atoms with Gasteiger partial charge in [0.25, 0.3) is 5.56 Å². The highest BCUT2D eigenvalue weighted by Gasteiger charge is 2.08. The molecule has 6 nitrogen and oxygen atoms in total. The number of H-pyrrole nitrogens is 1. The number of allylic oxidation sites excluding steroid dienone is 2. The average Bonchev–Trinajstić information content (AvgIpc) is 2.79. The maximum absolute atomic E-state index is 11.9. The van der Waals surface area contributed by atoms with Gasteiger partial charge in [-0.05, 0) is 20.3 Å². The first-order valence-electron chi connectivity index (χ1n) is 6.56. The fourth-order valence-corrected chi connectivity index (χ4v) is 1.86. The Morgan fingerprint density at radius 3 is 3.05 bits per heavy atom. The molecule has 0 aliphatic rings. The van der Waals surface area contributed by atoms with Crippen LogP contribution in [-0.4, -0.2) is 26.3 Å². The maximum atomic E-state index is 11.9. The highest BCUT2D eigenvalue weighted by Crippen LogP contribution is 2.08. The van der Waals surface area contributed by atoms with E-state index in [-0.39, 0.29) is 5.56 Å². The Labute approximate surface area is 117 Å². The molecule has 0 atom stereocenters. The van der Waals surface area contributed by atoms with Crippen molar-refractivity contribution < 1.29 is 0 Å². The molecular weight excluding hydrogens is 254 g/mol. The smallest absolute Gasteiger partial charge is 0.263 e. The summed E-state index contributed by atoms with van der Waals surface area (Å²) in [4.78, 5) is 19.0. The second-order valence-electron chi connectivity index (χ2n) is 4.76. The molecule has 0 spiro atoms. The van der Waals surface area contributed by atoms with Crippen LogP contribution in [0.2, 0.25) is 0 Å². The third-order valence-corrected chi connectivity index (χ3v) is 2.80. The molecular formula is C14H19N5O. The third-order valence-electron chi connectivity index (χ3n) is 2.80. The fourth-order valence-electron chi connectivity index (χ4n) is 1.86. The fraction of sp³-hybridized carbons (Fsp3) is 0.357. The Balaban J connectivity index is 2.22. The van der Waals surface area contributed by atoms with Crippen LogP contribution >= 0.6 is 0 Å². The van der Waals surface area contributed by atoms with Crippen molar-refractivity contribution in [3.8, 4) is 0 Å². The lowest BCUT2D eigenvalue weighted by Gasteiger charge is -2.04. The number of nitrogens with one attached hydrogen (secondary N) is 2. The summed E-state index contributed by atoms with van der Waals surface area (Å²) < 4.78 is 1.65. The Bertz CT molecular complexity index is 691. The van der Waals surface area contributed by atoms with Gasteiger partial charge in [-0.25, -0.2) is 4.68 Å². The van der Waals surface area contributed by atoms with Crippen molar-refractivity contribution in [2.75, 3.05) is 11.9 Å². The van der Waals surface area contributed by atoms with E-state index < -0.39 is 0 Å². The summed E-state index contributed by atoms with van der Waals surface area (Å²) in [5.74, 6) is 0.468. The summed E-state index contributed by atoms with van der Waals surface area (Å²) >= 11 is 0. The van der Waals surface area contributed by atoms with Gasteiger partial charge in [-0.1, -0.05) is 17.7 Å². The number of aromatic nitrogens is 4. The molecule has 0 aromatic carbocycles. The SMILES string of the molecule is C=CCn1ncc2c(=O)[nH]c(NCCC=C(C)C)nc21. The second kappa shape index (κ2) is 6.18. The predicted octanol–water partition coefficient (Wildman–Crippen LogP) is 2.07. The Kier molecular flexibility index (Phi) is 4.34. The standard InChI is InChI=1S/C14H19N5O/c1-4-8-19-12-11(9-16-19)13(20)18-14(17-12)15-7-5-6-10(2)3/h4,6,9H,1,5,7-8H2,2-3H3,(H2,15,17,18,20). The topological polar surface area (TPSA) is 75.6 Å². The van der Waals surface area contributed by atoms with E-state index in [9.17, 15) is 4.79 Å². The molecule has 0 bridgehead atoms. The molecule has 0 fully saturated rings. The van der Waals surface area contributed by atoms with Crippen molar-refractivity contribution in [1.82, 2.24) is 19.7 Å². The van der Waals surface area contributed by atoms with E-state index >= 15 is 0 Å². The highest BCUT2D eigenvalue weighted by molar-refractivity contribution is 5.74. The molecule has 6 heteroatoms. The maximum Gasteiger partial charge on any atom is 0.263 e. The number of anilines is 1. The molecule has 0 unspecified atom stereocenters. The second-order valence-corrected chi connectivity index (χ2v) is 4.76. The van der Waals surface area contributed by atoms with Gasteiger partial charge in [0, 0.05) is 6.54 Å². The zero-order valence-corrected chi connectivity index (χ0v) is 11.8. The van der Waals surface area contributed by atoms with Gasteiger partial charge in [-0.3, -0.25) is 9.78 Å². The zero-order valence-electron chi connectivity index (χ0n) is 11.8. The van der Waals surface area contributed by atoms with Crippen LogP contribution in [-0.2, 0) is 6.54 Å². The van der Waals surface area contributed by atoms with Gasteiger partial charge < -0.3 is 5.32 Å². The predicted molar refractivity (Wildman–Crippen MR) is 80.9 cm³/mol. The van der Waals surface area contributed by atoms with Crippen LogP contribution in [0.25, 0.3) is 11.0 Å². The molecule has 0 saturated carbocycles. The lowest BCUT2D eigenvalue weighted by atomic mass is 10.3. The lowest BCUT2D eigenvalue weighted by Crippen LogP contribution is -2.14. The van der Waals surface area contributed by atoms with Gasteiger partial charge in [0.2, 0.25) is 5.95 Å². The van der Waals surface area contributed by atoms with E-state index in [1.807, 2.05) is 0 Å². The summed E-state index contributed by atoms with van der Waals surface area (Å²) in [6.07, 6.45) is 6.26. The first-order chi connectivity index (χ1) is 9.61. The van der Waals surface area contributed by atoms with Crippen LogP contribution in [0.4, 0.5) is 5.95 Å². The van der Waals surface area contributed by atoms with Crippen molar-refractivity contribution in [1.29, 1.82) is 0 Å². The number of rotatable bonds is 6. The Morgan fingerprint density at radius 1 is 1.55 bits per heavy atom. The van der Waals surface area contributed by atoms with Gasteiger partial charge >= 0.3 is 0 Å². The number of hydrogen-bond donors (Lipinski definition) is 2. The molecule has 20 heavy (non-hydrogen) atoms. The molecule has 106 valence electrons. The third kappa shape index (κ3) is 3.14. The number of nitrogens with zero attached hydrogens (tertiary/aromatic N) is 3. The van der Waals surface area contributed by atoms with Gasteiger partial charge in [0.1, 0.15) is 5.39 Å². The largest absolute Gasteiger partial charge is 0.355 e. The van der Waals surface area contributed by atoms with E-state index in [0.717, 1.165) is 13.0 Å². The molecule has 2 aromatic heterocycles. The lowest BCUT2D eigenvalue weighted by molar-refractivity contribution is 0.720. The molecule has 2 rings (SSSR count). The molecule has 2 heterocycles. The summed E-state index contributed by atoms with van der Waals surface area (Å²) in [6, 6.07) is 0. The monoisotopic (exact) mass is 273 g/mol. The van der Waals surface area contributed by atoms with Gasteiger partial charge in [0.15, 0.2) is 5.65 Å². The molecule has 0 radical (unpaired) electrons. The van der Waals surface area contributed by atoms with Crippen LogP contribution in [0, 0.1) is 0 Å². The van der Waals surface area contributed by atoms with Crippen LogP contribution < -0.4 is 10.9 Å². The van der Waals surface area contributed by atoms with E-state index in [4.69, 9.17) is 0 Å². The van der Waals surface area contributed by atoms with Crippen molar-refractivity contribution in [3.63, 3.8) is 0 Å². The quantitative estimate of drug-likeness (QED) is 0.624. The van der Waals surface area contributed by atoms with Crippen LogP contribution in [0.3, 0.4) is 0 Å². The minimum absolute atomic E-state index is 0.185. The summed E-state index contributed by atoms with van der Waals surface area (Å²) in [5, 5.41) is 7.73. The Hall–Kier alpha value is -2.37. The van der Waals surface area contributed by atoms with E-state index in [0.29, 0.717) is 23.5 Å². The minimum atomic E-state index is -0.185. The van der Waals surface area contributed by atoms with Crippen LogP contribution in [0.1, 0.15) is 20.3 Å². The first kappa shape index (κ1) is 14.0. The minimum Gasteiger partial charge on any atom is -0.355 e. The summed E-state index contributed by atoms with van der Waals surface area (Å²) in [7, 11) is 0. The van der Waals surface area contributed by atoms with Crippen molar-refractivity contribution in [2.24, 2.45) is 0 Å². The Morgan fingerprint density at radius 2 is 2.35 bits per heavy atom. The van der Waals surface area contributed by atoms with Crippen molar-refractivity contribution in [2.45, 2.75) is 26.8 Å². The average molecular weight is 273 g/mol. The molecule has 2 N–H and O–H groups in total. The van der Waals surface area contributed by atoms with Gasteiger partial charge in [-0.2, -0.15) is 10.1 Å². The number of fused-ring (bicyclic) bond motifs is 1. The molecule has 0 saturated heterocycles. The summed E-state index contributed by atoms with van der Waals surface area (Å²) in [6.45, 7) is 9.02.